The number of rotatable bonds is 5. The normalized spacial score (nSPS) is 10.6. The summed E-state index contributed by atoms with van der Waals surface area (Å²) in [6.45, 7) is 1.97. The Kier molecular flexibility index (Phi) is 5.74. The Hall–Kier alpha value is -3.73. The van der Waals surface area contributed by atoms with Crippen molar-refractivity contribution < 1.29 is 9.59 Å². The molecule has 0 saturated carbocycles. The van der Waals surface area contributed by atoms with Gasteiger partial charge in [-0.2, -0.15) is 5.10 Å². The summed E-state index contributed by atoms with van der Waals surface area (Å²) in [6, 6.07) is 23.4. The van der Waals surface area contributed by atoms with Crippen LogP contribution in [0.1, 0.15) is 31.8 Å². The molecule has 134 valence electrons. The molecule has 0 fully saturated rings. The highest BCUT2D eigenvalue weighted by molar-refractivity contribution is 6.09. The minimum Gasteiger partial charge on any atom is -0.321 e. The zero-order valence-electron chi connectivity index (χ0n) is 14.8. The van der Waals surface area contributed by atoms with E-state index >= 15 is 0 Å². The first-order chi connectivity index (χ1) is 13.1. The average Bonchev–Trinajstić information content (AvgIpc) is 2.70. The number of aryl methyl sites for hydroxylation is 1. The molecule has 5 nitrogen and oxygen atoms in total. The summed E-state index contributed by atoms with van der Waals surface area (Å²) in [5.41, 5.74) is 5.77. The molecule has 0 aliphatic rings. The molecule has 0 atom stereocenters. The number of carbonyl (C=O) groups is 2. The standard InChI is InChI=1S/C22H19N3O2/c1-16-9-5-6-12-18(16)15-23-25-22(27)19-13-7-8-14-20(19)24-21(26)17-10-3-2-4-11-17/h2-15H,1H3,(H,24,26)(H,25,27)/b23-15+. The number of hydrogen-bond donors (Lipinski definition) is 2. The van der Waals surface area contributed by atoms with E-state index in [-0.39, 0.29) is 5.91 Å². The van der Waals surface area contributed by atoms with E-state index in [1.54, 1.807) is 54.7 Å². The minimum atomic E-state index is -0.399. The third-order valence-corrected chi connectivity index (χ3v) is 4.01. The molecule has 3 aromatic rings. The van der Waals surface area contributed by atoms with Crippen molar-refractivity contribution in [1.82, 2.24) is 5.43 Å². The van der Waals surface area contributed by atoms with E-state index in [9.17, 15) is 9.59 Å². The predicted octanol–water partition coefficient (Wildman–Crippen LogP) is 4.01. The fraction of sp³-hybridized carbons (Fsp3) is 0.0455. The fourth-order valence-corrected chi connectivity index (χ4v) is 2.53. The topological polar surface area (TPSA) is 70.6 Å². The first-order valence-electron chi connectivity index (χ1n) is 8.49. The van der Waals surface area contributed by atoms with Crippen molar-refractivity contribution in [2.24, 2.45) is 5.10 Å². The molecule has 0 aliphatic carbocycles. The van der Waals surface area contributed by atoms with Gasteiger partial charge in [0.2, 0.25) is 0 Å². The summed E-state index contributed by atoms with van der Waals surface area (Å²) >= 11 is 0. The molecular formula is C22H19N3O2. The number of nitrogens with zero attached hydrogens (tertiary/aromatic N) is 1. The van der Waals surface area contributed by atoms with E-state index in [0.29, 0.717) is 16.8 Å². The highest BCUT2D eigenvalue weighted by atomic mass is 16.2. The van der Waals surface area contributed by atoms with Crippen LogP contribution in [0.15, 0.2) is 84.0 Å². The molecule has 0 aliphatic heterocycles. The second-order valence-corrected chi connectivity index (χ2v) is 5.92. The van der Waals surface area contributed by atoms with E-state index in [1.165, 1.54) is 0 Å². The fourth-order valence-electron chi connectivity index (χ4n) is 2.53. The number of hydrazone groups is 1. The Bertz CT molecular complexity index is 982. The van der Waals surface area contributed by atoms with Crippen LogP contribution in [0.25, 0.3) is 0 Å². The molecule has 0 bridgehead atoms. The van der Waals surface area contributed by atoms with E-state index in [1.807, 2.05) is 37.3 Å². The Labute approximate surface area is 157 Å². The zero-order valence-corrected chi connectivity index (χ0v) is 14.8. The number of para-hydroxylation sites is 1. The Morgan fingerprint density at radius 3 is 2.26 bits per heavy atom. The zero-order chi connectivity index (χ0) is 19.1. The highest BCUT2D eigenvalue weighted by Gasteiger charge is 2.13. The highest BCUT2D eigenvalue weighted by Crippen LogP contribution is 2.16. The molecule has 0 heterocycles. The maximum Gasteiger partial charge on any atom is 0.273 e. The maximum absolute atomic E-state index is 12.5. The summed E-state index contributed by atoms with van der Waals surface area (Å²) in [4.78, 5) is 24.8. The van der Waals surface area contributed by atoms with Crippen molar-refractivity contribution in [2.75, 3.05) is 5.32 Å². The van der Waals surface area contributed by atoms with E-state index in [4.69, 9.17) is 0 Å². The maximum atomic E-state index is 12.5. The van der Waals surface area contributed by atoms with Crippen molar-refractivity contribution >= 4 is 23.7 Å². The van der Waals surface area contributed by atoms with Gasteiger partial charge in [0.15, 0.2) is 0 Å². The van der Waals surface area contributed by atoms with Gasteiger partial charge in [-0.15, -0.1) is 0 Å². The monoisotopic (exact) mass is 357 g/mol. The number of amides is 2. The lowest BCUT2D eigenvalue weighted by Gasteiger charge is -2.10. The van der Waals surface area contributed by atoms with Gasteiger partial charge < -0.3 is 5.32 Å². The van der Waals surface area contributed by atoms with Crippen LogP contribution in [0.3, 0.4) is 0 Å². The average molecular weight is 357 g/mol. The smallest absolute Gasteiger partial charge is 0.273 e. The van der Waals surface area contributed by atoms with E-state index in [0.717, 1.165) is 11.1 Å². The third-order valence-electron chi connectivity index (χ3n) is 4.01. The van der Waals surface area contributed by atoms with Gasteiger partial charge in [0, 0.05) is 5.56 Å². The van der Waals surface area contributed by atoms with Crippen molar-refractivity contribution in [3.05, 3.63) is 101 Å². The van der Waals surface area contributed by atoms with Crippen LogP contribution in [-0.4, -0.2) is 18.0 Å². The molecule has 0 spiro atoms. The third kappa shape index (κ3) is 4.67. The van der Waals surface area contributed by atoms with Crippen LogP contribution in [-0.2, 0) is 0 Å². The van der Waals surface area contributed by atoms with Crippen molar-refractivity contribution in [3.8, 4) is 0 Å². The van der Waals surface area contributed by atoms with Gasteiger partial charge in [0.25, 0.3) is 11.8 Å². The summed E-state index contributed by atoms with van der Waals surface area (Å²) in [5.74, 6) is -0.678. The second-order valence-electron chi connectivity index (χ2n) is 5.92. The van der Waals surface area contributed by atoms with E-state index in [2.05, 4.69) is 15.8 Å². The molecule has 3 aromatic carbocycles. The molecule has 0 unspecified atom stereocenters. The Morgan fingerprint density at radius 1 is 0.815 bits per heavy atom. The molecule has 27 heavy (non-hydrogen) atoms. The SMILES string of the molecule is Cc1ccccc1/C=N/NC(=O)c1ccccc1NC(=O)c1ccccc1. The van der Waals surface area contributed by atoms with Crippen LogP contribution in [0.4, 0.5) is 5.69 Å². The van der Waals surface area contributed by atoms with Gasteiger partial charge in [0.05, 0.1) is 17.5 Å². The lowest BCUT2D eigenvalue weighted by Crippen LogP contribution is -2.21. The predicted molar refractivity (Wildman–Crippen MR) is 107 cm³/mol. The Balaban J connectivity index is 1.72. The number of carbonyl (C=O) groups excluding carboxylic acids is 2. The summed E-state index contributed by atoms with van der Waals surface area (Å²) in [5, 5.41) is 6.79. The van der Waals surface area contributed by atoms with Crippen LogP contribution in [0, 0.1) is 6.92 Å². The first-order valence-corrected chi connectivity index (χ1v) is 8.49. The summed E-state index contributed by atoms with van der Waals surface area (Å²) in [7, 11) is 0. The molecule has 3 rings (SSSR count). The molecule has 0 radical (unpaired) electrons. The molecular weight excluding hydrogens is 338 g/mol. The van der Waals surface area contributed by atoms with Gasteiger partial charge in [0.1, 0.15) is 0 Å². The Morgan fingerprint density at radius 2 is 1.48 bits per heavy atom. The largest absolute Gasteiger partial charge is 0.321 e. The molecule has 0 saturated heterocycles. The van der Waals surface area contributed by atoms with Crippen LogP contribution in [0.2, 0.25) is 0 Å². The molecule has 5 heteroatoms. The summed E-state index contributed by atoms with van der Waals surface area (Å²) in [6.07, 6.45) is 1.60. The van der Waals surface area contributed by atoms with Gasteiger partial charge in [-0.25, -0.2) is 5.43 Å². The van der Waals surface area contributed by atoms with Crippen molar-refractivity contribution in [2.45, 2.75) is 6.92 Å². The van der Waals surface area contributed by atoms with Crippen molar-refractivity contribution in [1.29, 1.82) is 0 Å². The number of hydrogen-bond acceptors (Lipinski definition) is 3. The lowest BCUT2D eigenvalue weighted by molar-refractivity contribution is 0.0956. The van der Waals surface area contributed by atoms with Crippen LogP contribution >= 0.6 is 0 Å². The quantitative estimate of drug-likeness (QED) is 0.535. The minimum absolute atomic E-state index is 0.278. The van der Waals surface area contributed by atoms with Crippen LogP contribution in [0.5, 0.6) is 0 Å². The van der Waals surface area contributed by atoms with Gasteiger partial charge in [-0.05, 0) is 42.3 Å². The van der Waals surface area contributed by atoms with Gasteiger partial charge >= 0.3 is 0 Å². The number of benzene rings is 3. The van der Waals surface area contributed by atoms with Crippen molar-refractivity contribution in [3.63, 3.8) is 0 Å². The van der Waals surface area contributed by atoms with Gasteiger partial charge in [-0.1, -0.05) is 54.6 Å². The van der Waals surface area contributed by atoms with Gasteiger partial charge in [-0.3, -0.25) is 9.59 Å². The molecule has 0 aromatic heterocycles. The summed E-state index contributed by atoms with van der Waals surface area (Å²) < 4.78 is 0. The van der Waals surface area contributed by atoms with Crippen LogP contribution < -0.4 is 10.7 Å². The molecule has 2 N–H and O–H groups in total. The molecule has 2 amide bonds. The first kappa shape index (κ1) is 18.1. The lowest BCUT2D eigenvalue weighted by atomic mass is 10.1. The van der Waals surface area contributed by atoms with E-state index < -0.39 is 5.91 Å². The number of nitrogens with one attached hydrogen (secondary N) is 2. The second kappa shape index (κ2) is 8.58. The number of anilines is 1.